The van der Waals surface area contributed by atoms with Crippen molar-refractivity contribution in [2.45, 2.75) is 275 Å². The number of benzene rings is 1. The number of fused-ring (bicyclic) bond motifs is 1. The lowest BCUT2D eigenvalue weighted by atomic mass is 10.0. The molecule has 130 heavy (non-hydrogen) atoms. The van der Waals surface area contributed by atoms with E-state index in [-0.39, 0.29) is 159 Å². The Morgan fingerprint density at radius 1 is 0.562 bits per heavy atom. The topological polar surface area (TPSA) is 508 Å². The second-order valence-corrected chi connectivity index (χ2v) is 39.4. The molecule has 0 unspecified atom stereocenters. The van der Waals surface area contributed by atoms with Gasteiger partial charge in [-0.1, -0.05) is 24.2 Å². The Bertz CT molecular complexity index is 4930. The zero-order valence-corrected chi connectivity index (χ0v) is 75.7. The Labute approximate surface area is 762 Å². The Balaban J connectivity index is 0.502. The standard InChI is InChI=1S/C87H118N20O20S3/c1-127-78-76(97-130(125,126)56-34-30-53(31-35-56)92-71(110)37-32-55-33-39-73(129-55)107(123)124)91-51-54(93-78)17-7-41-90-70(109)38-36-57(75(88)112)94-77(113)59-18-8-43-99(59)80(115)61-20-10-45-101(61)82(117)63-22-12-47-103(63)84(119)65-24-14-49-105(65)86(121)67-26-16-50-106(67)85(120)66-25-15-48-104(66)83(118)64-23-13-46-102(64)81(116)62-21-11-44-100(62)79(114)60-19-9-42-98(60)72(111)29-3-2-6-40-89-69(108)28-5-4-27-68-74-58(52-128-68)95-87(122)96-74/h30-35,37,39,51,57-68,74H,2-29,36,38,40-50,52H2,1H3,(H2,88,112)(H,89,108)(H,90,109)(H,91,97)(H,92,110)(H,94,113)(H2,95,96,122)/b37-32+/t57-,58-,59-,60-,61-,62-,63-,64-,65-,66-,67-,68-,74-/m0/s1. The predicted molar refractivity (Wildman–Crippen MR) is 474 cm³/mol. The minimum Gasteiger partial charge on any atom is -0.478 e. The summed E-state index contributed by atoms with van der Waals surface area (Å²) in [7, 11) is -2.96. The number of unbranched alkanes of at least 4 members (excludes halogenated alkanes) is 3. The van der Waals surface area contributed by atoms with E-state index in [9.17, 15) is 85.7 Å². The largest absolute Gasteiger partial charge is 0.478 e. The number of nitrogens with one attached hydrogen (secondary N) is 7. The number of hydrogen-bond acceptors (Lipinski definition) is 24. The number of carbonyl (C=O) groups excluding carboxylic acids is 15. The fourth-order valence-electron chi connectivity index (χ4n) is 20.4. The summed E-state index contributed by atoms with van der Waals surface area (Å²) in [4.78, 5) is 243. The van der Waals surface area contributed by atoms with Crippen molar-refractivity contribution in [2.24, 2.45) is 5.73 Å². The first-order chi connectivity index (χ1) is 62.6. The van der Waals surface area contributed by atoms with Crippen molar-refractivity contribution in [1.82, 2.24) is 80.7 Å². The van der Waals surface area contributed by atoms with Crippen LogP contribution < -0.4 is 47.1 Å². The van der Waals surface area contributed by atoms with Crippen molar-refractivity contribution in [3.63, 3.8) is 0 Å². The number of anilines is 2. The van der Waals surface area contributed by atoms with Crippen molar-refractivity contribution in [1.29, 1.82) is 0 Å². The maximum Gasteiger partial charge on any atom is 0.324 e. The number of hydrogen-bond donors (Lipinski definition) is 8. The summed E-state index contributed by atoms with van der Waals surface area (Å²) >= 11 is 2.75. The fraction of sp³-hybridized carbons (Fsp3) is 0.644. The molecular formula is C87H118N20O20S3. The van der Waals surface area contributed by atoms with Crippen LogP contribution in [0.25, 0.3) is 6.08 Å². The number of aromatic nitrogens is 2. The molecule has 16 amide bonds. The third-order valence-electron chi connectivity index (χ3n) is 27.0. The number of aryl methyl sites for hydroxylation is 1. The summed E-state index contributed by atoms with van der Waals surface area (Å²) < 4.78 is 34.5. The summed E-state index contributed by atoms with van der Waals surface area (Å²) in [5, 5.41) is 28.2. The summed E-state index contributed by atoms with van der Waals surface area (Å²) in [6.07, 6.45) is 17.2. The minimum absolute atomic E-state index is 0.00574. The lowest BCUT2D eigenvalue weighted by Gasteiger charge is -2.37. The van der Waals surface area contributed by atoms with Gasteiger partial charge in [-0.3, -0.25) is 82.0 Å². The predicted octanol–water partition coefficient (Wildman–Crippen LogP) is 3.03. The quantitative estimate of drug-likeness (QED) is 0.0135. The van der Waals surface area contributed by atoms with Crippen LogP contribution in [-0.2, 0) is 83.6 Å². The number of thiophene rings is 1. The number of thioether (sulfide) groups is 1. The van der Waals surface area contributed by atoms with Gasteiger partial charge in [-0.25, -0.2) is 23.2 Å². The molecule has 13 atom stereocenters. The molecule has 43 heteroatoms. The van der Waals surface area contributed by atoms with Gasteiger partial charge in [0.1, 0.15) is 60.4 Å². The third-order valence-corrected chi connectivity index (χ3v) is 30.9. The molecule has 0 radical (unpaired) electrons. The number of amides is 16. The Kier molecular flexibility index (Phi) is 31.6. The Morgan fingerprint density at radius 2 is 1.01 bits per heavy atom. The molecule has 11 saturated heterocycles. The fourth-order valence-corrected chi connectivity index (χ4v) is 23.7. The molecule has 11 aliphatic heterocycles. The molecule has 14 rings (SSSR count). The van der Waals surface area contributed by atoms with Gasteiger partial charge in [0.15, 0.2) is 0 Å². The summed E-state index contributed by atoms with van der Waals surface area (Å²) in [6.45, 7) is 3.08. The molecule has 704 valence electrons. The van der Waals surface area contributed by atoms with Crippen LogP contribution in [0.4, 0.5) is 21.3 Å². The van der Waals surface area contributed by atoms with E-state index >= 15 is 4.79 Å². The zero-order valence-electron chi connectivity index (χ0n) is 73.2. The average molecular weight is 1860 g/mol. The smallest absolute Gasteiger partial charge is 0.324 e. The molecule has 40 nitrogen and oxygen atoms in total. The lowest BCUT2D eigenvalue weighted by molar-refractivity contribution is -0.380. The van der Waals surface area contributed by atoms with Gasteiger partial charge in [-0.05, 0) is 197 Å². The number of methoxy groups -OCH3 is 1. The molecular weight excluding hydrogens is 1740 g/mol. The van der Waals surface area contributed by atoms with Crippen LogP contribution in [-0.4, -0.2) is 319 Å². The molecule has 2 aromatic heterocycles. The van der Waals surface area contributed by atoms with Gasteiger partial charge in [0.25, 0.3) is 15.9 Å². The van der Waals surface area contributed by atoms with Crippen molar-refractivity contribution >= 4 is 144 Å². The minimum atomic E-state index is -4.24. The number of likely N-dealkylation sites (tertiary alicyclic amines) is 9. The molecule has 0 saturated carbocycles. The van der Waals surface area contributed by atoms with Crippen molar-refractivity contribution in [2.75, 3.05) is 94.9 Å². The molecule has 1 aromatic carbocycles. The van der Waals surface area contributed by atoms with Gasteiger partial charge in [-0.15, -0.1) is 0 Å². The molecule has 11 fully saturated rings. The molecule has 0 spiro atoms. The van der Waals surface area contributed by atoms with Crippen LogP contribution in [0.15, 0.2) is 53.6 Å². The van der Waals surface area contributed by atoms with Crippen molar-refractivity contribution < 1.29 is 90.0 Å². The number of rotatable bonds is 37. The van der Waals surface area contributed by atoms with Crippen LogP contribution in [0.3, 0.4) is 0 Å². The van der Waals surface area contributed by atoms with Gasteiger partial charge < -0.3 is 86.5 Å². The Morgan fingerprint density at radius 3 is 1.48 bits per heavy atom. The third kappa shape index (κ3) is 22.2. The Hall–Kier alpha value is -11.1. The van der Waals surface area contributed by atoms with E-state index in [1.807, 2.05) is 11.8 Å². The number of primary amides is 1. The van der Waals surface area contributed by atoms with Crippen molar-refractivity contribution in [3.8, 4) is 5.88 Å². The number of nitrogens with zero attached hydrogens (tertiary/aromatic N) is 12. The van der Waals surface area contributed by atoms with Crippen LogP contribution in [0.5, 0.6) is 5.88 Å². The van der Waals surface area contributed by atoms with E-state index in [0.717, 1.165) is 42.8 Å². The first kappa shape index (κ1) is 95.0. The van der Waals surface area contributed by atoms with Gasteiger partial charge in [0, 0.05) is 125 Å². The van der Waals surface area contributed by atoms with E-state index in [1.54, 1.807) is 24.5 Å². The molecule has 13 heterocycles. The highest BCUT2D eigenvalue weighted by Crippen LogP contribution is 2.38. The lowest BCUT2D eigenvalue weighted by Crippen LogP contribution is -2.59. The summed E-state index contributed by atoms with van der Waals surface area (Å²) in [5.74, 6) is -5.19. The molecule has 9 N–H and O–H groups in total. The number of carbonyl (C=O) groups is 15. The van der Waals surface area contributed by atoms with E-state index in [4.69, 9.17) is 10.5 Å². The van der Waals surface area contributed by atoms with E-state index in [1.165, 1.54) is 81.5 Å². The molecule has 11 aliphatic rings. The zero-order chi connectivity index (χ0) is 92.0. The van der Waals surface area contributed by atoms with Gasteiger partial charge in [-0.2, -0.15) is 11.8 Å². The first-order valence-electron chi connectivity index (χ1n) is 46.0. The highest BCUT2D eigenvalue weighted by atomic mass is 32.2. The number of nitrogens with two attached hydrogens (primary N) is 1. The van der Waals surface area contributed by atoms with Gasteiger partial charge in [0.05, 0.1) is 40.9 Å². The van der Waals surface area contributed by atoms with E-state index < -0.39 is 123 Å². The number of urea groups is 1. The SMILES string of the molecule is COc1nc(CCCNC(=O)CC[C@H](NC(=O)[C@@H]2CCCN2C(=O)[C@@H]2CCCN2C(=O)[C@@H]2CCCN2C(=O)[C@@H]2CCCN2C(=O)[C@@H]2CCCN2C(=O)[C@@H]2CCCN2C(=O)[C@@H]2CCCN2C(=O)[C@@H]2CCCN2C(=O)[C@@H]2CCCN2C(=O)CCCCCNC(=O)CCCC[C@@H]2SC[C@@H]3NC(=O)N[C@@H]32)C(N)=O)cnc1NS(=O)(=O)c1ccc(NC(=O)/C=C/c2ccc([N+](=O)[O-])s2)cc1. The highest BCUT2D eigenvalue weighted by molar-refractivity contribution is 8.00. The second kappa shape index (κ2) is 43.3. The first-order valence-corrected chi connectivity index (χ1v) is 49.3. The molecule has 3 aromatic rings. The maximum atomic E-state index is 15.0. The number of nitro groups is 1. The highest BCUT2D eigenvalue weighted by Gasteiger charge is 2.53. The molecule has 0 aliphatic carbocycles. The second-order valence-electron chi connectivity index (χ2n) is 35.4. The summed E-state index contributed by atoms with van der Waals surface area (Å²) in [5.41, 5.74) is 6.45. The number of sulfonamides is 1. The van der Waals surface area contributed by atoms with E-state index in [2.05, 4.69) is 46.6 Å². The van der Waals surface area contributed by atoms with Crippen LogP contribution in [0.1, 0.15) is 197 Å². The summed E-state index contributed by atoms with van der Waals surface area (Å²) in [6, 6.07) is -1.09. The van der Waals surface area contributed by atoms with Crippen LogP contribution in [0.2, 0.25) is 0 Å². The van der Waals surface area contributed by atoms with Gasteiger partial charge >= 0.3 is 11.0 Å². The van der Waals surface area contributed by atoms with Gasteiger partial charge in [0.2, 0.25) is 88.5 Å². The van der Waals surface area contributed by atoms with Crippen molar-refractivity contribution in [3.05, 3.63) is 69.4 Å². The van der Waals surface area contributed by atoms with Crippen LogP contribution >= 0.6 is 23.1 Å². The van der Waals surface area contributed by atoms with Crippen LogP contribution in [0, 0.1) is 10.1 Å². The maximum absolute atomic E-state index is 15.0. The normalized spacial score (nSPS) is 25.0. The monoisotopic (exact) mass is 1860 g/mol. The number of ether oxygens (including phenoxy) is 1. The molecule has 0 bridgehead atoms. The average Bonchev–Trinajstić information content (AvgIpc) is 1.61. The van der Waals surface area contributed by atoms with E-state index in [0.29, 0.717) is 177 Å².